The highest BCUT2D eigenvalue weighted by Gasteiger charge is 2.20. The molecular formula is C22H25FN4OS. The van der Waals surface area contributed by atoms with Gasteiger partial charge in [0.05, 0.1) is 10.2 Å². The van der Waals surface area contributed by atoms with Crippen molar-refractivity contribution in [2.45, 2.75) is 13.8 Å². The van der Waals surface area contributed by atoms with E-state index in [1.165, 1.54) is 40.1 Å². The van der Waals surface area contributed by atoms with Crippen LogP contribution in [-0.2, 0) is 0 Å². The number of aryl methyl sites for hydroxylation is 2. The predicted octanol–water partition coefficient (Wildman–Crippen LogP) is 3.60. The van der Waals surface area contributed by atoms with Gasteiger partial charge in [0.15, 0.2) is 5.13 Å². The number of carbonyl (C=O) groups excluding carboxylic acids is 1. The van der Waals surface area contributed by atoms with Crippen LogP contribution in [0.5, 0.6) is 0 Å². The van der Waals surface area contributed by atoms with Crippen LogP contribution in [-0.4, -0.2) is 55.1 Å². The maximum atomic E-state index is 13.0. The van der Waals surface area contributed by atoms with Crippen LogP contribution in [0.15, 0.2) is 36.4 Å². The first kappa shape index (κ1) is 19.8. The summed E-state index contributed by atoms with van der Waals surface area (Å²) < 4.78 is 14.2. The Bertz CT molecular complexity index is 1010. The van der Waals surface area contributed by atoms with Gasteiger partial charge in [-0.15, -0.1) is 0 Å². The zero-order valence-electron chi connectivity index (χ0n) is 16.7. The predicted molar refractivity (Wildman–Crippen MR) is 116 cm³/mol. The average Bonchev–Trinajstić information content (AvgIpc) is 3.13. The van der Waals surface area contributed by atoms with Gasteiger partial charge in [-0.1, -0.05) is 17.4 Å². The first-order valence-corrected chi connectivity index (χ1v) is 10.7. The first-order chi connectivity index (χ1) is 14.0. The minimum absolute atomic E-state index is 0.163. The van der Waals surface area contributed by atoms with Crippen molar-refractivity contribution in [3.8, 4) is 0 Å². The van der Waals surface area contributed by atoms with Gasteiger partial charge in [0.1, 0.15) is 5.82 Å². The van der Waals surface area contributed by atoms with Gasteiger partial charge in [-0.25, -0.2) is 9.37 Å². The van der Waals surface area contributed by atoms with Crippen LogP contribution in [0.1, 0.15) is 21.5 Å². The van der Waals surface area contributed by atoms with Crippen molar-refractivity contribution in [1.29, 1.82) is 0 Å². The third-order valence-corrected chi connectivity index (χ3v) is 6.34. The number of hydrogen-bond donors (Lipinski definition) is 1. The Labute approximate surface area is 174 Å². The molecule has 0 radical (unpaired) electrons. The molecule has 1 aliphatic heterocycles. The van der Waals surface area contributed by atoms with Crippen molar-refractivity contribution in [3.63, 3.8) is 0 Å². The zero-order chi connectivity index (χ0) is 20.4. The lowest BCUT2D eigenvalue weighted by Crippen LogP contribution is -2.48. The quantitative estimate of drug-likeness (QED) is 0.696. The lowest BCUT2D eigenvalue weighted by Gasteiger charge is -2.34. The lowest BCUT2D eigenvalue weighted by molar-refractivity contribution is 0.0947. The number of hydrogen-bond acceptors (Lipinski definition) is 5. The minimum Gasteiger partial charge on any atom is -0.351 e. The Hall–Kier alpha value is -2.51. The van der Waals surface area contributed by atoms with Crippen molar-refractivity contribution in [2.75, 3.05) is 44.2 Å². The van der Waals surface area contributed by atoms with E-state index in [1.807, 2.05) is 0 Å². The Balaban J connectivity index is 1.27. The van der Waals surface area contributed by atoms with E-state index in [2.05, 4.69) is 41.1 Å². The number of fused-ring (bicyclic) bond motifs is 1. The summed E-state index contributed by atoms with van der Waals surface area (Å²) in [6.45, 7) is 9.39. The van der Waals surface area contributed by atoms with Gasteiger partial charge >= 0.3 is 0 Å². The molecule has 1 fully saturated rings. The van der Waals surface area contributed by atoms with E-state index >= 15 is 0 Å². The van der Waals surface area contributed by atoms with E-state index in [0.29, 0.717) is 12.1 Å². The van der Waals surface area contributed by atoms with Crippen molar-refractivity contribution in [1.82, 2.24) is 15.2 Å². The third kappa shape index (κ3) is 4.57. The number of nitrogens with zero attached hydrogens (tertiary/aromatic N) is 3. The average molecular weight is 413 g/mol. The monoisotopic (exact) mass is 412 g/mol. The molecule has 5 nitrogen and oxygen atoms in total. The number of anilines is 1. The largest absolute Gasteiger partial charge is 0.351 e. The molecule has 3 aromatic rings. The molecule has 1 amide bonds. The van der Waals surface area contributed by atoms with Crippen LogP contribution in [0.3, 0.4) is 0 Å². The molecule has 152 valence electrons. The summed E-state index contributed by atoms with van der Waals surface area (Å²) in [5.74, 6) is -0.499. The molecule has 0 bridgehead atoms. The summed E-state index contributed by atoms with van der Waals surface area (Å²) in [4.78, 5) is 21.7. The van der Waals surface area contributed by atoms with Gasteiger partial charge in [-0.05, 0) is 55.3 Å². The van der Waals surface area contributed by atoms with E-state index in [1.54, 1.807) is 11.3 Å². The van der Waals surface area contributed by atoms with E-state index in [4.69, 9.17) is 4.98 Å². The van der Waals surface area contributed by atoms with Gasteiger partial charge < -0.3 is 10.2 Å². The molecule has 1 aliphatic rings. The minimum atomic E-state index is -0.335. The van der Waals surface area contributed by atoms with Crippen molar-refractivity contribution in [2.24, 2.45) is 0 Å². The standard InChI is InChI=1S/C22H25FN4OS/c1-15-13-16(2)20-19(14-15)29-22(25-20)27-11-9-26(10-12-27)8-7-24-21(28)17-3-5-18(23)6-4-17/h3-6,13-14H,7-12H2,1-2H3,(H,24,28). The van der Waals surface area contributed by atoms with Crippen molar-refractivity contribution < 1.29 is 9.18 Å². The van der Waals surface area contributed by atoms with E-state index in [9.17, 15) is 9.18 Å². The number of aromatic nitrogens is 1. The van der Waals surface area contributed by atoms with Gasteiger partial charge in [0.2, 0.25) is 0 Å². The molecule has 0 spiro atoms. The zero-order valence-corrected chi connectivity index (χ0v) is 17.6. The second-order valence-electron chi connectivity index (χ2n) is 7.52. The van der Waals surface area contributed by atoms with Gasteiger partial charge in [0.25, 0.3) is 5.91 Å². The number of carbonyl (C=O) groups is 1. The molecular weight excluding hydrogens is 387 g/mol. The molecule has 1 aromatic heterocycles. The highest BCUT2D eigenvalue weighted by Crippen LogP contribution is 2.32. The topological polar surface area (TPSA) is 48.5 Å². The Morgan fingerprint density at radius 1 is 1.14 bits per heavy atom. The van der Waals surface area contributed by atoms with Crippen LogP contribution >= 0.6 is 11.3 Å². The van der Waals surface area contributed by atoms with Gasteiger partial charge in [-0.2, -0.15) is 0 Å². The molecule has 1 N–H and O–H groups in total. The second kappa shape index (κ2) is 8.47. The number of nitrogens with one attached hydrogen (secondary N) is 1. The summed E-state index contributed by atoms with van der Waals surface area (Å²) in [6, 6.07) is 10.0. The maximum Gasteiger partial charge on any atom is 0.251 e. The van der Waals surface area contributed by atoms with Crippen LogP contribution in [0.4, 0.5) is 9.52 Å². The molecule has 0 saturated carbocycles. The summed E-state index contributed by atoms with van der Waals surface area (Å²) >= 11 is 1.77. The summed E-state index contributed by atoms with van der Waals surface area (Å²) in [5, 5.41) is 4.01. The fourth-order valence-corrected chi connectivity index (χ4v) is 4.88. The number of piperazine rings is 1. The molecule has 0 unspecified atom stereocenters. The number of amides is 1. The number of rotatable bonds is 5. The highest BCUT2D eigenvalue weighted by molar-refractivity contribution is 7.22. The number of halogens is 1. The van der Waals surface area contributed by atoms with Crippen molar-refractivity contribution in [3.05, 3.63) is 58.9 Å². The molecule has 2 aromatic carbocycles. The SMILES string of the molecule is Cc1cc(C)c2nc(N3CCN(CCNC(=O)c4ccc(F)cc4)CC3)sc2c1. The molecule has 7 heteroatoms. The number of thiazole rings is 1. The van der Waals surface area contributed by atoms with E-state index in [-0.39, 0.29) is 11.7 Å². The first-order valence-electron chi connectivity index (χ1n) is 9.88. The van der Waals surface area contributed by atoms with Crippen LogP contribution in [0, 0.1) is 19.7 Å². The van der Waals surface area contributed by atoms with E-state index in [0.717, 1.165) is 43.4 Å². The van der Waals surface area contributed by atoms with Gasteiger partial charge in [0, 0.05) is 44.8 Å². The molecule has 29 heavy (non-hydrogen) atoms. The third-order valence-electron chi connectivity index (χ3n) is 5.28. The Morgan fingerprint density at radius 3 is 2.59 bits per heavy atom. The fourth-order valence-electron chi connectivity index (χ4n) is 3.69. The normalized spacial score (nSPS) is 15.1. The fraction of sp³-hybridized carbons (Fsp3) is 0.364. The summed E-state index contributed by atoms with van der Waals surface area (Å²) in [6.07, 6.45) is 0. The van der Waals surface area contributed by atoms with Crippen LogP contribution in [0.25, 0.3) is 10.2 Å². The Morgan fingerprint density at radius 2 is 1.86 bits per heavy atom. The second-order valence-corrected chi connectivity index (χ2v) is 8.53. The summed E-state index contributed by atoms with van der Waals surface area (Å²) in [5.41, 5.74) is 4.11. The lowest BCUT2D eigenvalue weighted by atomic mass is 10.1. The summed E-state index contributed by atoms with van der Waals surface area (Å²) in [7, 11) is 0. The van der Waals surface area contributed by atoms with E-state index < -0.39 is 0 Å². The molecule has 0 aliphatic carbocycles. The van der Waals surface area contributed by atoms with Crippen LogP contribution in [0.2, 0.25) is 0 Å². The van der Waals surface area contributed by atoms with Crippen LogP contribution < -0.4 is 10.2 Å². The number of benzene rings is 2. The molecule has 4 rings (SSSR count). The maximum absolute atomic E-state index is 13.0. The Kier molecular flexibility index (Phi) is 5.78. The molecule has 2 heterocycles. The molecule has 1 saturated heterocycles. The molecule has 0 atom stereocenters. The smallest absolute Gasteiger partial charge is 0.251 e. The van der Waals surface area contributed by atoms with Crippen molar-refractivity contribution >= 4 is 32.6 Å². The van der Waals surface area contributed by atoms with Gasteiger partial charge in [-0.3, -0.25) is 9.69 Å². The highest BCUT2D eigenvalue weighted by atomic mass is 32.1.